The van der Waals surface area contributed by atoms with Crippen molar-refractivity contribution in [3.63, 3.8) is 0 Å². The fraction of sp³-hybridized carbons (Fsp3) is 0.429. The lowest BCUT2D eigenvalue weighted by atomic mass is 10.2. The third-order valence-electron chi connectivity index (χ3n) is 3.64. The van der Waals surface area contributed by atoms with E-state index in [0.717, 1.165) is 29.2 Å². The maximum atomic E-state index is 12.1. The Bertz CT molecular complexity index is 779. The predicted octanol–water partition coefficient (Wildman–Crippen LogP) is 0.939. The van der Waals surface area contributed by atoms with Crippen LogP contribution in [0.2, 0.25) is 0 Å². The lowest BCUT2D eigenvalue weighted by molar-refractivity contribution is -0.274. The highest BCUT2D eigenvalue weighted by Gasteiger charge is 2.34. The average molecular weight is 396 g/mol. The molecule has 0 bridgehead atoms. The molecule has 0 spiro atoms. The van der Waals surface area contributed by atoms with E-state index in [-0.39, 0.29) is 17.9 Å². The van der Waals surface area contributed by atoms with E-state index in [1.165, 1.54) is 0 Å². The Morgan fingerprint density at radius 1 is 1.27 bits per heavy atom. The van der Waals surface area contributed by atoms with E-state index in [4.69, 9.17) is 5.11 Å². The average Bonchev–Trinajstić information content (AvgIpc) is 3.01. The highest BCUT2D eigenvalue weighted by molar-refractivity contribution is 7.89. The zero-order valence-corrected chi connectivity index (χ0v) is 14.0. The van der Waals surface area contributed by atoms with Gasteiger partial charge in [0, 0.05) is 6.54 Å². The fourth-order valence-corrected chi connectivity index (χ4v) is 3.46. The van der Waals surface area contributed by atoms with Crippen LogP contribution in [-0.2, 0) is 19.6 Å². The molecule has 8 nitrogen and oxygen atoms in total. The lowest BCUT2D eigenvalue weighted by Gasteiger charge is -2.21. The smallest absolute Gasteiger partial charge is 0.480 e. The minimum Gasteiger partial charge on any atom is -0.480 e. The van der Waals surface area contributed by atoms with Crippen LogP contribution in [0, 0.1) is 0 Å². The Morgan fingerprint density at radius 2 is 1.88 bits per heavy atom. The number of alkyl halides is 3. The second-order valence-electron chi connectivity index (χ2n) is 5.43. The lowest BCUT2D eigenvalue weighted by Crippen LogP contribution is -2.45. The number of carboxylic acids is 1. The Morgan fingerprint density at radius 3 is 2.42 bits per heavy atom. The summed E-state index contributed by atoms with van der Waals surface area (Å²) in [6, 6.07) is 2.44. The summed E-state index contributed by atoms with van der Waals surface area (Å²) in [5.74, 6) is -2.46. The Labute approximate surface area is 146 Å². The fourth-order valence-electron chi connectivity index (χ4n) is 2.48. The minimum atomic E-state index is -4.90. The number of aliphatic carboxylic acids is 1. The van der Waals surface area contributed by atoms with Crippen LogP contribution in [-0.4, -0.2) is 55.8 Å². The number of hydrogen-bond donors (Lipinski definition) is 2. The van der Waals surface area contributed by atoms with Crippen molar-refractivity contribution in [2.75, 3.05) is 13.1 Å². The van der Waals surface area contributed by atoms with Gasteiger partial charge in [0.05, 0.1) is 11.4 Å². The molecule has 0 aliphatic carbocycles. The van der Waals surface area contributed by atoms with E-state index in [9.17, 15) is 31.2 Å². The molecule has 1 unspecified atom stereocenters. The van der Waals surface area contributed by atoms with Gasteiger partial charge in [0.25, 0.3) is 0 Å². The van der Waals surface area contributed by atoms with Crippen molar-refractivity contribution in [3.8, 4) is 5.75 Å². The molecule has 1 heterocycles. The standard InChI is InChI=1S/C14H15F3N2O6S/c15-14(16,17)25-9-3-5-10(6-4-9)26(23,24)18-8-12(20)19-7-1-2-11(19)13(21)22/h3-6,11,18H,1-2,7-8H2,(H,21,22). The number of benzene rings is 1. The molecule has 1 saturated heterocycles. The zero-order chi connectivity index (χ0) is 19.5. The number of sulfonamides is 1. The van der Waals surface area contributed by atoms with E-state index in [1.807, 2.05) is 4.72 Å². The SMILES string of the molecule is O=C(O)C1CCCN1C(=O)CNS(=O)(=O)c1ccc(OC(F)(F)F)cc1. The summed E-state index contributed by atoms with van der Waals surface area (Å²) in [7, 11) is -4.16. The van der Waals surface area contributed by atoms with Crippen LogP contribution in [0.3, 0.4) is 0 Å². The first kappa shape index (κ1) is 20.0. The zero-order valence-electron chi connectivity index (χ0n) is 13.2. The molecule has 1 aromatic carbocycles. The summed E-state index contributed by atoms with van der Waals surface area (Å²) in [6.45, 7) is -0.450. The van der Waals surface area contributed by atoms with Crippen LogP contribution in [0.5, 0.6) is 5.75 Å². The number of hydrogen-bond acceptors (Lipinski definition) is 5. The van der Waals surface area contributed by atoms with E-state index in [1.54, 1.807) is 0 Å². The van der Waals surface area contributed by atoms with Crippen molar-refractivity contribution in [2.24, 2.45) is 0 Å². The second-order valence-corrected chi connectivity index (χ2v) is 7.19. The molecule has 0 radical (unpaired) electrons. The number of carboxylic acid groups (broad SMARTS) is 1. The van der Waals surface area contributed by atoms with E-state index in [0.29, 0.717) is 6.42 Å². The predicted molar refractivity (Wildman–Crippen MR) is 80.7 cm³/mol. The Hall–Kier alpha value is -2.34. The number of carbonyl (C=O) groups excluding carboxylic acids is 1. The Balaban J connectivity index is 2.00. The maximum Gasteiger partial charge on any atom is 0.573 e. The third-order valence-corrected chi connectivity index (χ3v) is 5.06. The van der Waals surface area contributed by atoms with Crippen LogP contribution in [0.15, 0.2) is 29.2 Å². The van der Waals surface area contributed by atoms with Gasteiger partial charge in [0.15, 0.2) is 0 Å². The first-order chi connectivity index (χ1) is 12.0. The number of nitrogens with zero attached hydrogens (tertiary/aromatic N) is 1. The molecule has 2 rings (SSSR count). The van der Waals surface area contributed by atoms with Gasteiger partial charge in [-0.2, -0.15) is 0 Å². The van der Waals surface area contributed by atoms with E-state index in [2.05, 4.69) is 4.74 Å². The van der Waals surface area contributed by atoms with Crippen molar-refractivity contribution < 1.29 is 41.0 Å². The summed E-state index contributed by atoms with van der Waals surface area (Å²) in [5.41, 5.74) is 0. The minimum absolute atomic E-state index is 0.209. The van der Waals surface area contributed by atoms with E-state index < -0.39 is 46.6 Å². The molecule has 1 aliphatic heterocycles. The van der Waals surface area contributed by atoms with Gasteiger partial charge >= 0.3 is 12.3 Å². The number of rotatable bonds is 6. The molecule has 12 heteroatoms. The van der Waals surface area contributed by atoms with Gasteiger partial charge < -0.3 is 14.7 Å². The highest BCUT2D eigenvalue weighted by atomic mass is 32.2. The number of nitrogens with one attached hydrogen (secondary N) is 1. The monoisotopic (exact) mass is 396 g/mol. The largest absolute Gasteiger partial charge is 0.573 e. The van der Waals surface area contributed by atoms with Crippen LogP contribution in [0.1, 0.15) is 12.8 Å². The molecule has 0 aromatic heterocycles. The summed E-state index contributed by atoms with van der Waals surface area (Å²) in [5, 5.41) is 9.02. The highest BCUT2D eigenvalue weighted by Crippen LogP contribution is 2.24. The van der Waals surface area contributed by atoms with Gasteiger partial charge in [-0.3, -0.25) is 4.79 Å². The van der Waals surface area contributed by atoms with Gasteiger partial charge in [-0.1, -0.05) is 0 Å². The normalized spacial score (nSPS) is 18.0. The van der Waals surface area contributed by atoms with Gasteiger partial charge in [-0.25, -0.2) is 17.9 Å². The van der Waals surface area contributed by atoms with Crippen molar-refractivity contribution in [2.45, 2.75) is 30.1 Å². The van der Waals surface area contributed by atoms with E-state index >= 15 is 0 Å². The van der Waals surface area contributed by atoms with Crippen LogP contribution < -0.4 is 9.46 Å². The van der Waals surface area contributed by atoms with Gasteiger partial charge in [-0.15, -0.1) is 13.2 Å². The van der Waals surface area contributed by atoms with Gasteiger partial charge in [-0.05, 0) is 37.1 Å². The number of likely N-dealkylation sites (tertiary alicyclic amines) is 1. The van der Waals surface area contributed by atoms with Crippen molar-refractivity contribution in [3.05, 3.63) is 24.3 Å². The van der Waals surface area contributed by atoms with Crippen molar-refractivity contribution >= 4 is 21.9 Å². The topological polar surface area (TPSA) is 113 Å². The van der Waals surface area contributed by atoms with Crippen LogP contribution in [0.4, 0.5) is 13.2 Å². The molecular formula is C14H15F3N2O6S. The molecule has 26 heavy (non-hydrogen) atoms. The summed E-state index contributed by atoms with van der Waals surface area (Å²) in [6.07, 6.45) is -4.12. The number of amides is 1. The molecule has 2 N–H and O–H groups in total. The quantitative estimate of drug-likeness (QED) is 0.740. The van der Waals surface area contributed by atoms with Crippen molar-refractivity contribution in [1.82, 2.24) is 9.62 Å². The first-order valence-corrected chi connectivity index (χ1v) is 8.86. The number of carbonyl (C=O) groups is 2. The van der Waals surface area contributed by atoms with Crippen LogP contribution >= 0.6 is 0 Å². The molecule has 1 fully saturated rings. The second kappa shape index (κ2) is 7.50. The molecule has 0 saturated carbocycles. The summed E-state index contributed by atoms with van der Waals surface area (Å²) >= 11 is 0. The first-order valence-electron chi connectivity index (χ1n) is 7.37. The number of halogens is 3. The maximum absolute atomic E-state index is 12.1. The molecular weight excluding hydrogens is 381 g/mol. The summed E-state index contributed by atoms with van der Waals surface area (Å²) < 4.78 is 66.1. The Kier molecular flexibility index (Phi) is 5.76. The van der Waals surface area contributed by atoms with Crippen LogP contribution in [0.25, 0.3) is 0 Å². The molecule has 144 valence electrons. The number of ether oxygens (including phenoxy) is 1. The van der Waals surface area contributed by atoms with Crippen molar-refractivity contribution in [1.29, 1.82) is 0 Å². The molecule has 1 aliphatic rings. The molecule has 1 amide bonds. The van der Waals surface area contributed by atoms with Gasteiger partial charge in [0.1, 0.15) is 11.8 Å². The molecule has 1 aromatic rings. The third kappa shape index (κ3) is 5.08. The molecule has 1 atom stereocenters. The summed E-state index contributed by atoms with van der Waals surface area (Å²) in [4.78, 5) is 23.8. The van der Waals surface area contributed by atoms with Gasteiger partial charge in [0.2, 0.25) is 15.9 Å².